The molecule has 0 saturated carbocycles. The largest absolute Gasteiger partial charge is 0.359 e. The van der Waals surface area contributed by atoms with E-state index in [-0.39, 0.29) is 0 Å². The van der Waals surface area contributed by atoms with Crippen LogP contribution >= 0.6 is 0 Å². The Morgan fingerprint density at radius 2 is 1.94 bits per heavy atom. The average molecular weight is 242 g/mol. The lowest BCUT2D eigenvalue weighted by atomic mass is 10.1. The average Bonchev–Trinajstić information content (AvgIpc) is 2.46. The quantitative estimate of drug-likeness (QED) is 0.872. The van der Waals surface area contributed by atoms with Crippen molar-refractivity contribution in [1.82, 2.24) is 9.97 Å². The van der Waals surface area contributed by atoms with Crippen LogP contribution in [0.3, 0.4) is 0 Å². The number of rotatable bonds is 5. The number of hydrogen-bond acceptors (Lipinski definition) is 4. The van der Waals surface area contributed by atoms with Gasteiger partial charge in [0.1, 0.15) is 5.82 Å². The predicted octanol–water partition coefficient (Wildman–Crippen LogP) is 2.20. The highest BCUT2D eigenvalue weighted by atomic mass is 15.2. The van der Waals surface area contributed by atoms with E-state index < -0.39 is 0 Å². The van der Waals surface area contributed by atoms with Crippen LogP contribution in [0, 0.1) is 0 Å². The van der Waals surface area contributed by atoms with Gasteiger partial charge in [-0.05, 0) is 18.1 Å². The maximum Gasteiger partial charge on any atom is 0.224 e. The lowest BCUT2D eigenvalue weighted by Crippen LogP contribution is -2.21. The van der Waals surface area contributed by atoms with Gasteiger partial charge >= 0.3 is 0 Å². The van der Waals surface area contributed by atoms with Crippen LogP contribution in [0.5, 0.6) is 0 Å². The molecule has 0 saturated heterocycles. The monoisotopic (exact) mass is 242 g/mol. The normalized spacial score (nSPS) is 10.1. The molecular weight excluding hydrogens is 224 g/mol. The van der Waals surface area contributed by atoms with E-state index in [1.807, 2.05) is 26.2 Å². The zero-order chi connectivity index (χ0) is 12.8. The third kappa shape index (κ3) is 3.20. The summed E-state index contributed by atoms with van der Waals surface area (Å²) in [6.07, 6.45) is 2.78. The minimum Gasteiger partial charge on any atom is -0.359 e. The Morgan fingerprint density at radius 3 is 2.67 bits per heavy atom. The first-order valence-corrected chi connectivity index (χ1v) is 6.05. The Kier molecular flexibility index (Phi) is 4.12. The van der Waals surface area contributed by atoms with Crippen LogP contribution in [-0.2, 0) is 6.42 Å². The fraction of sp³-hybridized carbons (Fsp3) is 0.286. The summed E-state index contributed by atoms with van der Waals surface area (Å²) in [6, 6.07) is 12.4. The van der Waals surface area contributed by atoms with Gasteiger partial charge in [0.25, 0.3) is 0 Å². The molecule has 94 valence electrons. The fourth-order valence-electron chi connectivity index (χ4n) is 1.74. The van der Waals surface area contributed by atoms with Crippen molar-refractivity contribution in [2.24, 2.45) is 0 Å². The number of nitrogens with zero attached hydrogens (tertiary/aromatic N) is 3. The summed E-state index contributed by atoms with van der Waals surface area (Å²) in [7, 11) is 3.87. The van der Waals surface area contributed by atoms with Crippen molar-refractivity contribution < 1.29 is 0 Å². The Bertz CT molecular complexity index is 484. The van der Waals surface area contributed by atoms with Crippen molar-refractivity contribution in [3.8, 4) is 0 Å². The third-order valence-corrected chi connectivity index (χ3v) is 2.83. The van der Waals surface area contributed by atoms with E-state index in [9.17, 15) is 0 Å². The van der Waals surface area contributed by atoms with E-state index in [0.29, 0.717) is 5.95 Å². The van der Waals surface area contributed by atoms with Gasteiger partial charge in [0, 0.05) is 26.8 Å². The van der Waals surface area contributed by atoms with Crippen molar-refractivity contribution in [3.63, 3.8) is 0 Å². The summed E-state index contributed by atoms with van der Waals surface area (Å²) < 4.78 is 0. The van der Waals surface area contributed by atoms with Gasteiger partial charge in [-0.2, -0.15) is 4.98 Å². The summed E-state index contributed by atoms with van der Waals surface area (Å²) in [4.78, 5) is 10.7. The van der Waals surface area contributed by atoms with Gasteiger partial charge in [0.2, 0.25) is 5.95 Å². The number of anilines is 2. The van der Waals surface area contributed by atoms with E-state index in [2.05, 4.69) is 44.5 Å². The lowest BCUT2D eigenvalue weighted by Gasteiger charge is -2.18. The molecule has 1 aromatic heterocycles. The molecule has 0 atom stereocenters. The topological polar surface area (TPSA) is 41.1 Å². The van der Waals surface area contributed by atoms with Crippen molar-refractivity contribution in [3.05, 3.63) is 48.2 Å². The number of nitrogens with one attached hydrogen (secondary N) is 1. The van der Waals surface area contributed by atoms with Crippen LogP contribution in [0.1, 0.15) is 5.56 Å². The van der Waals surface area contributed by atoms with Crippen LogP contribution in [-0.4, -0.2) is 30.6 Å². The number of aromatic nitrogens is 2. The highest BCUT2D eigenvalue weighted by Crippen LogP contribution is 2.11. The smallest absolute Gasteiger partial charge is 0.224 e. The molecule has 1 aromatic carbocycles. The second kappa shape index (κ2) is 6.00. The predicted molar refractivity (Wildman–Crippen MR) is 75.0 cm³/mol. The van der Waals surface area contributed by atoms with Crippen LogP contribution in [0.2, 0.25) is 0 Å². The fourth-order valence-corrected chi connectivity index (χ4v) is 1.74. The molecule has 4 heteroatoms. The molecular formula is C14H18N4. The van der Waals surface area contributed by atoms with E-state index in [1.54, 1.807) is 6.20 Å². The molecule has 1 heterocycles. The molecule has 0 fully saturated rings. The zero-order valence-electron chi connectivity index (χ0n) is 10.8. The Labute approximate surface area is 108 Å². The molecule has 0 radical (unpaired) electrons. The van der Waals surface area contributed by atoms with Gasteiger partial charge in [0.05, 0.1) is 0 Å². The minimum atomic E-state index is 0.652. The van der Waals surface area contributed by atoms with Gasteiger partial charge in [-0.25, -0.2) is 4.98 Å². The second-order valence-electron chi connectivity index (χ2n) is 4.15. The van der Waals surface area contributed by atoms with Gasteiger partial charge in [-0.1, -0.05) is 30.3 Å². The molecule has 0 spiro atoms. The molecule has 2 aromatic rings. The van der Waals surface area contributed by atoms with Crippen molar-refractivity contribution >= 4 is 11.8 Å². The van der Waals surface area contributed by atoms with Crippen molar-refractivity contribution in [1.29, 1.82) is 0 Å². The van der Waals surface area contributed by atoms with Crippen LogP contribution in [0.25, 0.3) is 0 Å². The maximum atomic E-state index is 4.41. The highest BCUT2D eigenvalue weighted by molar-refractivity contribution is 5.41. The first-order valence-electron chi connectivity index (χ1n) is 6.05. The molecule has 4 nitrogen and oxygen atoms in total. The Hall–Kier alpha value is -2.10. The van der Waals surface area contributed by atoms with Crippen LogP contribution in [0.4, 0.5) is 11.8 Å². The zero-order valence-corrected chi connectivity index (χ0v) is 10.8. The molecule has 2 rings (SSSR count). The van der Waals surface area contributed by atoms with Crippen LogP contribution < -0.4 is 10.2 Å². The molecule has 0 aliphatic heterocycles. The number of likely N-dealkylation sites (N-methyl/N-ethyl adjacent to an activating group) is 1. The summed E-state index contributed by atoms with van der Waals surface area (Å²) in [5.74, 6) is 1.59. The van der Waals surface area contributed by atoms with Crippen LogP contribution in [0.15, 0.2) is 42.6 Å². The minimum absolute atomic E-state index is 0.652. The summed E-state index contributed by atoms with van der Waals surface area (Å²) >= 11 is 0. The molecule has 0 amide bonds. The van der Waals surface area contributed by atoms with Crippen molar-refractivity contribution in [2.45, 2.75) is 6.42 Å². The first kappa shape index (κ1) is 12.4. The Morgan fingerprint density at radius 1 is 1.17 bits per heavy atom. The molecule has 1 N–H and O–H groups in total. The first-order chi connectivity index (χ1) is 8.79. The highest BCUT2D eigenvalue weighted by Gasteiger charge is 2.03. The number of hydrogen-bond donors (Lipinski definition) is 1. The lowest BCUT2D eigenvalue weighted by molar-refractivity contribution is 0.856. The van der Waals surface area contributed by atoms with Gasteiger partial charge < -0.3 is 10.2 Å². The summed E-state index contributed by atoms with van der Waals surface area (Å²) in [5.41, 5.74) is 1.34. The molecule has 0 bridgehead atoms. The Balaban J connectivity index is 1.97. The third-order valence-electron chi connectivity index (χ3n) is 2.83. The van der Waals surface area contributed by atoms with Gasteiger partial charge in [-0.3, -0.25) is 0 Å². The van der Waals surface area contributed by atoms with E-state index in [1.165, 1.54) is 5.56 Å². The molecule has 0 aliphatic carbocycles. The standard InChI is InChI=1S/C14H18N4/c1-15-14-16-10-8-13(17-14)18(2)11-9-12-6-4-3-5-7-12/h3-8,10H,9,11H2,1-2H3,(H,15,16,17). The van der Waals surface area contributed by atoms with E-state index in [4.69, 9.17) is 0 Å². The summed E-state index contributed by atoms with van der Waals surface area (Å²) in [6.45, 7) is 0.935. The van der Waals surface area contributed by atoms with Gasteiger partial charge in [0.15, 0.2) is 0 Å². The molecule has 18 heavy (non-hydrogen) atoms. The summed E-state index contributed by atoms with van der Waals surface area (Å²) in [5, 5.41) is 2.95. The van der Waals surface area contributed by atoms with E-state index >= 15 is 0 Å². The van der Waals surface area contributed by atoms with Gasteiger partial charge in [-0.15, -0.1) is 0 Å². The SMILES string of the molecule is CNc1nccc(N(C)CCc2ccccc2)n1. The van der Waals surface area contributed by atoms with E-state index in [0.717, 1.165) is 18.8 Å². The van der Waals surface area contributed by atoms with Crippen molar-refractivity contribution in [2.75, 3.05) is 30.9 Å². The molecule has 0 unspecified atom stereocenters. The second-order valence-corrected chi connectivity index (χ2v) is 4.15. The maximum absolute atomic E-state index is 4.41. The number of benzene rings is 1. The molecule has 0 aliphatic rings.